The van der Waals surface area contributed by atoms with Crippen LogP contribution >= 0.6 is 0 Å². The molecule has 3 nitrogen and oxygen atoms in total. The summed E-state index contributed by atoms with van der Waals surface area (Å²) in [5.41, 5.74) is 5.30. The van der Waals surface area contributed by atoms with Crippen LogP contribution in [0, 0.1) is 6.92 Å². The zero-order valence-corrected chi connectivity index (χ0v) is 8.94. The number of nitrogens with zero attached hydrogens (tertiary/aromatic N) is 2. The largest absolute Gasteiger partial charge is 0.360 e. The Labute approximate surface area is 93.6 Å². The van der Waals surface area contributed by atoms with E-state index in [9.17, 15) is 0 Å². The lowest BCUT2D eigenvalue weighted by Crippen LogP contribution is -2.04. The van der Waals surface area contributed by atoms with E-state index in [2.05, 4.69) is 21.9 Å². The van der Waals surface area contributed by atoms with E-state index < -0.39 is 0 Å². The molecule has 3 rings (SSSR count). The summed E-state index contributed by atoms with van der Waals surface area (Å²) < 4.78 is 0. The molecule has 0 aliphatic carbocycles. The highest BCUT2D eigenvalue weighted by Crippen LogP contribution is 2.23. The topological polar surface area (TPSA) is 40.5 Å². The molecule has 3 heteroatoms. The first kappa shape index (κ1) is 9.09. The Kier molecular flexibility index (Phi) is 1.96. The SMILES string of the molecule is Cc1cc[nH]c1C1=NC=CC1=C1C=CC=N1. The molecule has 1 aromatic rings. The number of aromatic nitrogens is 1. The fourth-order valence-electron chi connectivity index (χ4n) is 1.90. The van der Waals surface area contributed by atoms with Crippen molar-refractivity contribution in [2.45, 2.75) is 6.92 Å². The third-order valence-corrected chi connectivity index (χ3v) is 2.72. The number of aliphatic imine (C=N–C) groups is 2. The Morgan fingerprint density at radius 1 is 1.25 bits per heavy atom. The third-order valence-electron chi connectivity index (χ3n) is 2.72. The van der Waals surface area contributed by atoms with E-state index in [0.29, 0.717) is 0 Å². The molecule has 0 saturated carbocycles. The Bertz CT molecular complexity index is 566. The molecule has 0 unspecified atom stereocenters. The molecule has 16 heavy (non-hydrogen) atoms. The van der Waals surface area contributed by atoms with Crippen LogP contribution in [-0.2, 0) is 0 Å². The highest BCUT2D eigenvalue weighted by Gasteiger charge is 2.17. The van der Waals surface area contributed by atoms with Crippen molar-refractivity contribution < 1.29 is 0 Å². The maximum atomic E-state index is 4.40. The van der Waals surface area contributed by atoms with Crippen LogP contribution < -0.4 is 0 Å². The lowest BCUT2D eigenvalue weighted by molar-refractivity contribution is 1.32. The minimum absolute atomic E-state index is 0.973. The summed E-state index contributed by atoms with van der Waals surface area (Å²) in [5.74, 6) is 0. The smallest absolute Gasteiger partial charge is 0.0961 e. The van der Waals surface area contributed by atoms with Gasteiger partial charge >= 0.3 is 0 Å². The van der Waals surface area contributed by atoms with Crippen LogP contribution in [0.4, 0.5) is 0 Å². The number of hydrogen-bond donors (Lipinski definition) is 1. The number of aromatic amines is 1. The second-order valence-corrected chi connectivity index (χ2v) is 3.77. The zero-order valence-electron chi connectivity index (χ0n) is 8.94. The van der Waals surface area contributed by atoms with Gasteiger partial charge in [-0.05, 0) is 36.8 Å². The molecule has 78 valence electrons. The number of rotatable bonds is 1. The van der Waals surface area contributed by atoms with E-state index >= 15 is 0 Å². The monoisotopic (exact) mass is 209 g/mol. The molecule has 0 spiro atoms. The number of nitrogens with one attached hydrogen (secondary N) is 1. The van der Waals surface area contributed by atoms with E-state index in [1.54, 1.807) is 6.21 Å². The molecule has 2 aliphatic rings. The minimum Gasteiger partial charge on any atom is -0.360 e. The zero-order chi connectivity index (χ0) is 11.0. The number of aryl methyl sites for hydroxylation is 1. The van der Waals surface area contributed by atoms with Crippen molar-refractivity contribution in [3.05, 3.63) is 59.2 Å². The normalized spacial score (nSPS) is 22.2. The van der Waals surface area contributed by atoms with Crippen LogP contribution in [0.25, 0.3) is 0 Å². The van der Waals surface area contributed by atoms with Gasteiger partial charge in [-0.15, -0.1) is 0 Å². The highest BCUT2D eigenvalue weighted by atomic mass is 14.8. The van der Waals surface area contributed by atoms with Crippen molar-refractivity contribution in [3.63, 3.8) is 0 Å². The van der Waals surface area contributed by atoms with Gasteiger partial charge in [0.25, 0.3) is 0 Å². The summed E-state index contributed by atoms with van der Waals surface area (Å²) >= 11 is 0. The number of hydrogen-bond acceptors (Lipinski definition) is 2. The molecule has 0 radical (unpaired) electrons. The Morgan fingerprint density at radius 3 is 2.88 bits per heavy atom. The van der Waals surface area contributed by atoms with Gasteiger partial charge in [-0.2, -0.15) is 0 Å². The molecule has 0 atom stereocenters. The first-order chi connectivity index (χ1) is 7.86. The first-order valence-electron chi connectivity index (χ1n) is 5.20. The number of allylic oxidation sites excluding steroid dienone is 4. The molecule has 0 bridgehead atoms. The standard InChI is InChI=1S/C13H11N3/c1-9-4-7-15-12(9)13-10(5-8-16-13)11-3-2-6-14-11/h2-8,15H,1H3. The van der Waals surface area contributed by atoms with Gasteiger partial charge < -0.3 is 4.98 Å². The molecule has 0 amide bonds. The molecular weight excluding hydrogens is 198 g/mol. The summed E-state index contributed by atoms with van der Waals surface area (Å²) in [4.78, 5) is 11.9. The highest BCUT2D eigenvalue weighted by molar-refractivity contribution is 6.16. The van der Waals surface area contributed by atoms with Crippen molar-refractivity contribution in [1.29, 1.82) is 0 Å². The average molecular weight is 209 g/mol. The van der Waals surface area contributed by atoms with Crippen LogP contribution in [0.1, 0.15) is 11.3 Å². The molecule has 1 N–H and O–H groups in total. The molecule has 3 heterocycles. The van der Waals surface area contributed by atoms with Gasteiger partial charge in [0.05, 0.1) is 17.1 Å². The Hall–Kier alpha value is -2.16. The van der Waals surface area contributed by atoms with Crippen LogP contribution in [0.3, 0.4) is 0 Å². The molecular formula is C13H11N3. The summed E-state index contributed by atoms with van der Waals surface area (Å²) in [6, 6.07) is 2.05. The fraction of sp³-hybridized carbons (Fsp3) is 0.0769. The van der Waals surface area contributed by atoms with E-state index in [4.69, 9.17) is 0 Å². The average Bonchev–Trinajstić information content (AvgIpc) is 2.95. The third kappa shape index (κ3) is 1.29. The maximum Gasteiger partial charge on any atom is 0.0961 e. The van der Waals surface area contributed by atoms with Gasteiger partial charge in [-0.1, -0.05) is 0 Å². The number of H-pyrrole nitrogens is 1. The quantitative estimate of drug-likeness (QED) is 0.738. The molecule has 0 aromatic carbocycles. The van der Waals surface area contributed by atoms with Crippen molar-refractivity contribution in [2.24, 2.45) is 9.98 Å². The van der Waals surface area contributed by atoms with Gasteiger partial charge in [-0.25, -0.2) is 0 Å². The van der Waals surface area contributed by atoms with Crippen molar-refractivity contribution in [1.82, 2.24) is 4.98 Å². The van der Waals surface area contributed by atoms with E-state index in [1.165, 1.54) is 5.56 Å². The maximum absolute atomic E-state index is 4.40. The fourth-order valence-corrected chi connectivity index (χ4v) is 1.90. The van der Waals surface area contributed by atoms with Crippen molar-refractivity contribution in [3.8, 4) is 0 Å². The van der Waals surface area contributed by atoms with Gasteiger partial charge in [0.2, 0.25) is 0 Å². The summed E-state index contributed by atoms with van der Waals surface area (Å²) in [5, 5.41) is 0. The van der Waals surface area contributed by atoms with Gasteiger partial charge in [0.1, 0.15) is 0 Å². The van der Waals surface area contributed by atoms with E-state index in [0.717, 1.165) is 22.7 Å². The Balaban J connectivity index is 2.11. The second kappa shape index (κ2) is 3.45. The predicted octanol–water partition coefficient (Wildman–Crippen LogP) is 2.53. The van der Waals surface area contributed by atoms with Crippen LogP contribution in [-0.4, -0.2) is 16.9 Å². The summed E-state index contributed by atoms with van der Waals surface area (Å²) in [6.07, 6.45) is 11.5. The van der Waals surface area contributed by atoms with Crippen LogP contribution in [0.15, 0.2) is 57.9 Å². The van der Waals surface area contributed by atoms with E-state index in [1.807, 2.05) is 36.7 Å². The molecule has 2 aliphatic heterocycles. The van der Waals surface area contributed by atoms with Gasteiger partial charge in [-0.3, -0.25) is 9.98 Å². The first-order valence-corrected chi connectivity index (χ1v) is 5.20. The van der Waals surface area contributed by atoms with Crippen molar-refractivity contribution in [2.75, 3.05) is 0 Å². The second-order valence-electron chi connectivity index (χ2n) is 3.77. The molecule has 1 aromatic heterocycles. The van der Waals surface area contributed by atoms with E-state index in [-0.39, 0.29) is 0 Å². The van der Waals surface area contributed by atoms with Crippen LogP contribution in [0.5, 0.6) is 0 Å². The molecule has 0 saturated heterocycles. The van der Waals surface area contributed by atoms with Gasteiger partial charge in [0, 0.05) is 24.2 Å². The molecule has 0 fully saturated rings. The van der Waals surface area contributed by atoms with Gasteiger partial charge in [0.15, 0.2) is 0 Å². The lowest BCUT2D eigenvalue weighted by Gasteiger charge is -2.04. The lowest BCUT2D eigenvalue weighted by atomic mass is 10.0. The Morgan fingerprint density at radius 2 is 2.19 bits per heavy atom. The van der Waals surface area contributed by atoms with Crippen LogP contribution in [0.2, 0.25) is 0 Å². The van der Waals surface area contributed by atoms with Crippen molar-refractivity contribution >= 4 is 11.9 Å². The summed E-state index contributed by atoms with van der Waals surface area (Å²) in [7, 11) is 0. The predicted molar refractivity (Wildman–Crippen MR) is 65.9 cm³/mol. The summed E-state index contributed by atoms with van der Waals surface area (Å²) in [6.45, 7) is 2.07. The minimum atomic E-state index is 0.973.